The van der Waals surface area contributed by atoms with Crippen molar-refractivity contribution in [2.45, 2.75) is 0 Å². The van der Waals surface area contributed by atoms with E-state index in [1.165, 1.54) is 64.9 Å². The molecule has 0 spiro atoms. The number of hydrogen-bond donors (Lipinski definition) is 0. The minimum absolute atomic E-state index is 0.842. The molecule has 0 N–H and O–H groups in total. The summed E-state index contributed by atoms with van der Waals surface area (Å²) < 4.78 is 13.0. The van der Waals surface area contributed by atoms with Crippen molar-refractivity contribution in [1.82, 2.24) is 0 Å². The topological polar surface area (TPSA) is 18.5 Å². The molecule has 0 unspecified atom stereocenters. The molecule has 0 amide bonds. The normalized spacial score (nSPS) is 11.5. The summed E-state index contributed by atoms with van der Waals surface area (Å²) in [6.07, 6.45) is 0. The first kappa shape index (κ1) is 43.4. The van der Waals surface area contributed by atoms with Gasteiger partial charge in [-0.15, -0.1) is 0 Å². The molecule has 0 aromatic heterocycles. The quantitative estimate of drug-likeness (QED) is 0.120. The average molecular weight is 935 g/mol. The molecule has 4 heteroatoms. The second-order valence-corrected chi connectivity index (χ2v) is 21.8. The molecule has 334 valence electrons. The zero-order chi connectivity index (χ0) is 47.0. The van der Waals surface area contributed by atoms with Gasteiger partial charge in [0.25, 0.3) is 0 Å². The molecular formula is C66H48O2P2. The summed E-state index contributed by atoms with van der Waals surface area (Å²) in [5.74, 6) is 1.68. The van der Waals surface area contributed by atoms with Gasteiger partial charge < -0.3 is 9.47 Å². The van der Waals surface area contributed by atoms with Gasteiger partial charge in [-0.3, -0.25) is 0 Å². The lowest BCUT2D eigenvalue weighted by atomic mass is 9.86. The van der Waals surface area contributed by atoms with Crippen molar-refractivity contribution >= 4 is 90.8 Å². The first-order valence-electron chi connectivity index (χ1n) is 23.7. The Balaban J connectivity index is 1.37. The van der Waals surface area contributed by atoms with Crippen LogP contribution in [0.25, 0.3) is 76.5 Å². The minimum Gasteiger partial charge on any atom is -0.496 e. The Morgan fingerprint density at radius 3 is 0.843 bits per heavy atom. The van der Waals surface area contributed by atoms with Crippen LogP contribution >= 0.6 is 15.8 Å². The van der Waals surface area contributed by atoms with Crippen LogP contribution in [0.15, 0.2) is 255 Å². The van der Waals surface area contributed by atoms with E-state index in [-0.39, 0.29) is 0 Å². The van der Waals surface area contributed by atoms with Crippen LogP contribution in [-0.2, 0) is 0 Å². The molecule has 0 saturated heterocycles. The fourth-order valence-corrected chi connectivity index (χ4v) is 15.8. The fraction of sp³-hybridized carbons (Fsp3) is 0.0303. The van der Waals surface area contributed by atoms with E-state index in [1.54, 1.807) is 0 Å². The Kier molecular flexibility index (Phi) is 11.7. The summed E-state index contributed by atoms with van der Waals surface area (Å²) in [6, 6.07) is 94.0. The lowest BCUT2D eigenvalue weighted by Crippen LogP contribution is -2.28. The molecule has 0 aliphatic heterocycles. The van der Waals surface area contributed by atoms with Crippen LogP contribution in [0, 0.1) is 0 Å². The maximum atomic E-state index is 6.52. The van der Waals surface area contributed by atoms with Crippen LogP contribution in [0.4, 0.5) is 0 Å². The van der Waals surface area contributed by atoms with Gasteiger partial charge in [-0.25, -0.2) is 0 Å². The molecule has 2 nitrogen and oxygen atoms in total. The molecule has 12 aromatic carbocycles. The zero-order valence-corrected chi connectivity index (χ0v) is 40.7. The minimum atomic E-state index is -1.24. The molecular weight excluding hydrogens is 887 g/mol. The molecule has 0 bridgehead atoms. The molecule has 0 fully saturated rings. The Morgan fingerprint density at radius 2 is 0.529 bits per heavy atom. The van der Waals surface area contributed by atoms with E-state index in [1.807, 2.05) is 14.2 Å². The van der Waals surface area contributed by atoms with Gasteiger partial charge in [0.1, 0.15) is 11.5 Å². The molecule has 0 aliphatic carbocycles. The van der Waals surface area contributed by atoms with Crippen molar-refractivity contribution in [3.63, 3.8) is 0 Å². The number of rotatable bonds is 11. The van der Waals surface area contributed by atoms with Crippen molar-refractivity contribution in [3.05, 3.63) is 255 Å². The van der Waals surface area contributed by atoms with Crippen LogP contribution in [0.5, 0.6) is 11.5 Å². The number of hydrogen-bond acceptors (Lipinski definition) is 2. The van der Waals surface area contributed by atoms with Crippen molar-refractivity contribution in [1.29, 1.82) is 0 Å². The van der Waals surface area contributed by atoms with Gasteiger partial charge in [0.05, 0.1) is 14.2 Å². The number of benzene rings is 12. The monoisotopic (exact) mass is 934 g/mol. The third-order valence-electron chi connectivity index (χ3n) is 13.6. The second-order valence-electron chi connectivity index (χ2n) is 17.5. The van der Waals surface area contributed by atoms with Gasteiger partial charge in [0.2, 0.25) is 0 Å². The molecule has 0 aliphatic rings. The molecule has 12 aromatic rings. The maximum absolute atomic E-state index is 6.52. The van der Waals surface area contributed by atoms with Gasteiger partial charge in [-0.05, 0) is 116 Å². The largest absolute Gasteiger partial charge is 0.496 e. The van der Waals surface area contributed by atoms with Crippen LogP contribution < -0.4 is 41.3 Å². The first-order chi connectivity index (χ1) is 34.7. The van der Waals surface area contributed by atoms with Gasteiger partial charge >= 0.3 is 0 Å². The fourth-order valence-electron chi connectivity index (χ4n) is 10.5. The van der Waals surface area contributed by atoms with Gasteiger partial charge in [-0.2, -0.15) is 0 Å². The number of fused-ring (bicyclic) bond motifs is 4. The highest BCUT2D eigenvalue weighted by Crippen LogP contribution is 2.52. The first-order valence-corrected chi connectivity index (χ1v) is 26.4. The van der Waals surface area contributed by atoms with E-state index >= 15 is 0 Å². The molecule has 0 heterocycles. The third-order valence-corrected chi connectivity index (χ3v) is 18.6. The van der Waals surface area contributed by atoms with Crippen molar-refractivity contribution in [2.24, 2.45) is 0 Å². The highest BCUT2D eigenvalue weighted by molar-refractivity contribution is 7.81. The zero-order valence-electron chi connectivity index (χ0n) is 39.0. The third kappa shape index (κ3) is 7.62. The highest BCUT2D eigenvalue weighted by atomic mass is 31.1. The highest BCUT2D eigenvalue weighted by Gasteiger charge is 2.34. The Labute approximate surface area is 412 Å². The SMILES string of the molecule is COc1ccc2ccccc2c1-c1c(P(c2ccccc2)c2ccccc2)c(-c2cc3ccccc3c(-c3c(OC)ccc4ccccc34)c2P(c2ccccc2)c2ccccc2)cc2ccccc12. The molecule has 12 rings (SSSR count). The standard InChI is InChI=1S/C66H48O2P2/c1-67-59-41-39-45-23-15-19-35-53(45)61(59)63-55-37-21-17-25-47(55)43-57(65(63)69(49-27-7-3-8-28-49)50-29-9-4-10-30-50)58-44-48-26-18-22-38-56(48)64(62-54-36-20-16-24-46(54)40-42-60(62)68-2)66(58)70(51-31-11-5-12-32-51)52-33-13-6-14-34-52/h3-44H,1-2H3. The molecule has 0 radical (unpaired) electrons. The van der Waals surface area contributed by atoms with E-state index in [4.69, 9.17) is 9.47 Å². The molecule has 70 heavy (non-hydrogen) atoms. The van der Waals surface area contributed by atoms with Crippen LogP contribution in [0.3, 0.4) is 0 Å². The molecule has 0 saturated carbocycles. The van der Waals surface area contributed by atoms with E-state index in [9.17, 15) is 0 Å². The lowest BCUT2D eigenvalue weighted by molar-refractivity contribution is 0.417. The predicted octanol–water partition coefficient (Wildman–Crippen LogP) is 14.8. The van der Waals surface area contributed by atoms with Gasteiger partial charge in [0, 0.05) is 32.9 Å². The van der Waals surface area contributed by atoms with E-state index in [2.05, 4.69) is 255 Å². The number of methoxy groups -OCH3 is 2. The smallest absolute Gasteiger partial charge is 0.127 e. The van der Waals surface area contributed by atoms with Crippen LogP contribution in [-0.4, -0.2) is 14.2 Å². The van der Waals surface area contributed by atoms with E-state index in [0.717, 1.165) is 54.9 Å². The lowest BCUT2D eigenvalue weighted by Gasteiger charge is -2.32. The van der Waals surface area contributed by atoms with Crippen LogP contribution in [0.1, 0.15) is 0 Å². The second kappa shape index (κ2) is 18.9. The summed E-state index contributed by atoms with van der Waals surface area (Å²) in [7, 11) is 1.15. The summed E-state index contributed by atoms with van der Waals surface area (Å²) in [6.45, 7) is 0. The van der Waals surface area contributed by atoms with Crippen LogP contribution in [0.2, 0.25) is 0 Å². The number of ether oxygens (including phenoxy) is 2. The van der Waals surface area contributed by atoms with E-state index < -0.39 is 15.8 Å². The molecule has 0 atom stereocenters. The van der Waals surface area contributed by atoms with Crippen molar-refractivity contribution in [2.75, 3.05) is 14.2 Å². The summed E-state index contributed by atoms with van der Waals surface area (Å²) in [5, 5.41) is 17.0. The Bertz CT molecular complexity index is 3520. The summed E-state index contributed by atoms with van der Waals surface area (Å²) in [5.41, 5.74) is 6.96. The van der Waals surface area contributed by atoms with E-state index in [0.29, 0.717) is 0 Å². The maximum Gasteiger partial charge on any atom is 0.127 e. The average Bonchev–Trinajstić information content (AvgIpc) is 3.43. The summed E-state index contributed by atoms with van der Waals surface area (Å²) in [4.78, 5) is 0. The van der Waals surface area contributed by atoms with Gasteiger partial charge in [0.15, 0.2) is 0 Å². The Hall–Kier alpha value is -7.86. The van der Waals surface area contributed by atoms with Crippen molar-refractivity contribution in [3.8, 4) is 44.9 Å². The van der Waals surface area contributed by atoms with Gasteiger partial charge in [-0.1, -0.05) is 231 Å². The summed E-state index contributed by atoms with van der Waals surface area (Å²) >= 11 is 0. The Morgan fingerprint density at radius 1 is 0.257 bits per heavy atom. The van der Waals surface area contributed by atoms with Crippen molar-refractivity contribution < 1.29 is 9.47 Å². The predicted molar refractivity (Wildman–Crippen MR) is 303 cm³/mol.